The Morgan fingerprint density at radius 2 is 2.50 bits per heavy atom. The minimum absolute atomic E-state index is 0.289. The molecule has 0 amide bonds. The lowest BCUT2D eigenvalue weighted by Gasteiger charge is -1.74. The molecule has 1 rings (SSSR count). The molecule has 1 aromatic rings. The lowest BCUT2D eigenvalue weighted by Crippen LogP contribution is -2.10. The van der Waals surface area contributed by atoms with Gasteiger partial charge >= 0.3 is 5.69 Å². The van der Waals surface area contributed by atoms with E-state index in [4.69, 9.17) is 11.6 Å². The zero-order valence-electron chi connectivity index (χ0n) is 4.09. The number of aryl methyl sites for hydroxylation is 1. The van der Waals surface area contributed by atoms with E-state index >= 15 is 0 Å². The van der Waals surface area contributed by atoms with Crippen molar-refractivity contribution in [3.8, 4) is 0 Å². The standard InChI is InChI=1S/C3H3ClN2OS/c1-6-3(7)5-2(4)8-6/h1H3. The minimum atomic E-state index is -0.292. The molecule has 0 aliphatic rings. The van der Waals surface area contributed by atoms with E-state index in [-0.39, 0.29) is 10.2 Å². The van der Waals surface area contributed by atoms with Gasteiger partial charge in [-0.15, -0.1) is 0 Å². The van der Waals surface area contributed by atoms with E-state index in [9.17, 15) is 4.79 Å². The Hall–Kier alpha value is -0.350. The molecule has 0 unspecified atom stereocenters. The van der Waals surface area contributed by atoms with Crippen LogP contribution in [0.3, 0.4) is 0 Å². The van der Waals surface area contributed by atoms with Crippen LogP contribution in [0.25, 0.3) is 0 Å². The quantitative estimate of drug-likeness (QED) is 0.540. The molecule has 44 valence electrons. The van der Waals surface area contributed by atoms with E-state index in [1.165, 1.54) is 3.96 Å². The van der Waals surface area contributed by atoms with Crippen LogP contribution in [-0.4, -0.2) is 8.94 Å². The fraction of sp³-hybridized carbons (Fsp3) is 0.333. The van der Waals surface area contributed by atoms with Crippen molar-refractivity contribution >= 4 is 23.1 Å². The molecule has 0 aliphatic heterocycles. The summed E-state index contributed by atoms with van der Waals surface area (Å²) in [6.45, 7) is 0. The average Bonchev–Trinajstić information content (AvgIpc) is 1.85. The molecule has 8 heavy (non-hydrogen) atoms. The van der Waals surface area contributed by atoms with Gasteiger partial charge in [0, 0.05) is 7.05 Å². The molecule has 0 aliphatic carbocycles. The van der Waals surface area contributed by atoms with Crippen molar-refractivity contribution in [1.82, 2.24) is 8.94 Å². The predicted molar refractivity (Wildman–Crippen MR) is 32.4 cm³/mol. The van der Waals surface area contributed by atoms with Crippen molar-refractivity contribution in [3.63, 3.8) is 0 Å². The molecular weight excluding hydrogens is 148 g/mol. The first-order valence-corrected chi connectivity index (χ1v) is 3.05. The summed E-state index contributed by atoms with van der Waals surface area (Å²) < 4.78 is 1.65. The van der Waals surface area contributed by atoms with E-state index in [1.54, 1.807) is 7.05 Å². The first kappa shape index (κ1) is 5.78. The summed E-state index contributed by atoms with van der Waals surface area (Å²) in [5.41, 5.74) is -0.292. The normalized spacial score (nSPS) is 9.75. The highest BCUT2D eigenvalue weighted by atomic mass is 35.5. The van der Waals surface area contributed by atoms with Gasteiger partial charge in [-0.25, -0.2) is 8.75 Å². The Morgan fingerprint density at radius 3 is 2.62 bits per heavy atom. The van der Waals surface area contributed by atoms with Crippen molar-refractivity contribution in [2.45, 2.75) is 0 Å². The first-order valence-electron chi connectivity index (χ1n) is 1.90. The van der Waals surface area contributed by atoms with Crippen LogP contribution in [0.2, 0.25) is 4.47 Å². The van der Waals surface area contributed by atoms with Crippen LogP contribution in [0, 0.1) is 0 Å². The van der Waals surface area contributed by atoms with Crippen LogP contribution >= 0.6 is 23.1 Å². The number of nitrogens with zero attached hydrogens (tertiary/aromatic N) is 2. The van der Waals surface area contributed by atoms with Crippen LogP contribution in [-0.2, 0) is 7.05 Å². The van der Waals surface area contributed by atoms with Gasteiger partial charge in [-0.05, 0) is 23.1 Å². The monoisotopic (exact) mass is 150 g/mol. The topological polar surface area (TPSA) is 34.9 Å². The average molecular weight is 151 g/mol. The first-order chi connectivity index (χ1) is 3.70. The lowest BCUT2D eigenvalue weighted by molar-refractivity contribution is 0.932. The van der Waals surface area contributed by atoms with Crippen molar-refractivity contribution in [2.75, 3.05) is 0 Å². The molecule has 0 N–H and O–H groups in total. The second-order valence-electron chi connectivity index (χ2n) is 1.24. The van der Waals surface area contributed by atoms with E-state index < -0.39 is 0 Å². The lowest BCUT2D eigenvalue weighted by atomic mass is 11.2. The Kier molecular flexibility index (Phi) is 1.35. The predicted octanol–water partition coefficient (Wildman–Crippen LogP) is 0.495. The maximum absolute atomic E-state index is 10.4. The molecule has 0 saturated carbocycles. The third-order valence-corrected chi connectivity index (χ3v) is 1.63. The van der Waals surface area contributed by atoms with Gasteiger partial charge < -0.3 is 0 Å². The second kappa shape index (κ2) is 1.87. The van der Waals surface area contributed by atoms with Gasteiger partial charge in [0.05, 0.1) is 0 Å². The highest BCUT2D eigenvalue weighted by molar-refractivity contribution is 7.10. The van der Waals surface area contributed by atoms with Gasteiger partial charge in [-0.2, -0.15) is 4.98 Å². The Balaban J connectivity index is 3.35. The summed E-state index contributed by atoms with van der Waals surface area (Å²) in [4.78, 5) is 13.8. The van der Waals surface area contributed by atoms with E-state index in [2.05, 4.69) is 4.98 Å². The van der Waals surface area contributed by atoms with Crippen LogP contribution in [0.1, 0.15) is 0 Å². The molecule has 1 aromatic heterocycles. The van der Waals surface area contributed by atoms with Gasteiger partial charge in [-0.1, -0.05) is 0 Å². The molecule has 1 heterocycles. The number of hydrogen-bond acceptors (Lipinski definition) is 3. The van der Waals surface area contributed by atoms with Crippen LogP contribution in [0.5, 0.6) is 0 Å². The number of hydrogen-bond donors (Lipinski definition) is 0. The third kappa shape index (κ3) is 0.900. The van der Waals surface area contributed by atoms with Crippen molar-refractivity contribution in [1.29, 1.82) is 0 Å². The third-order valence-electron chi connectivity index (χ3n) is 0.665. The zero-order chi connectivity index (χ0) is 6.15. The maximum atomic E-state index is 10.4. The molecule has 0 spiro atoms. The molecule has 0 radical (unpaired) electrons. The molecule has 0 aromatic carbocycles. The van der Waals surface area contributed by atoms with E-state index in [0.717, 1.165) is 11.5 Å². The summed E-state index contributed by atoms with van der Waals surface area (Å²) in [6, 6.07) is 0. The van der Waals surface area contributed by atoms with Gasteiger partial charge in [0.2, 0.25) is 4.47 Å². The van der Waals surface area contributed by atoms with Gasteiger partial charge in [0.1, 0.15) is 0 Å². The summed E-state index contributed by atoms with van der Waals surface area (Å²) in [6.07, 6.45) is 0. The Labute approximate surface area is 54.7 Å². The largest absolute Gasteiger partial charge is 0.358 e. The number of aromatic nitrogens is 2. The molecule has 0 atom stereocenters. The Bertz CT molecular complexity index is 240. The molecule has 0 bridgehead atoms. The molecule has 3 nitrogen and oxygen atoms in total. The molecule has 0 saturated heterocycles. The Morgan fingerprint density at radius 1 is 1.88 bits per heavy atom. The van der Waals surface area contributed by atoms with Crippen LogP contribution in [0.15, 0.2) is 4.79 Å². The summed E-state index contributed by atoms with van der Waals surface area (Å²) in [5, 5.41) is 0. The van der Waals surface area contributed by atoms with Crippen molar-refractivity contribution in [3.05, 3.63) is 15.0 Å². The fourth-order valence-electron chi connectivity index (χ4n) is 0.318. The summed E-state index contributed by atoms with van der Waals surface area (Å²) in [7, 11) is 1.62. The van der Waals surface area contributed by atoms with E-state index in [0.29, 0.717) is 0 Å². The summed E-state index contributed by atoms with van der Waals surface area (Å²) in [5.74, 6) is 0. The molecular formula is C3H3ClN2OS. The highest BCUT2D eigenvalue weighted by Gasteiger charge is 1.95. The van der Waals surface area contributed by atoms with Crippen LogP contribution in [0.4, 0.5) is 0 Å². The van der Waals surface area contributed by atoms with Crippen LogP contribution < -0.4 is 5.69 Å². The molecule has 0 fully saturated rings. The highest BCUT2D eigenvalue weighted by Crippen LogP contribution is 2.05. The van der Waals surface area contributed by atoms with E-state index in [1.807, 2.05) is 0 Å². The minimum Gasteiger partial charge on any atom is -0.248 e. The van der Waals surface area contributed by atoms with Crippen molar-refractivity contribution < 1.29 is 0 Å². The SMILES string of the molecule is Cn1sc(Cl)nc1=O. The fourth-order valence-corrected chi connectivity index (χ4v) is 1.16. The van der Waals surface area contributed by atoms with Gasteiger partial charge in [0.25, 0.3) is 0 Å². The smallest absolute Gasteiger partial charge is 0.248 e. The van der Waals surface area contributed by atoms with Gasteiger partial charge in [-0.3, -0.25) is 0 Å². The van der Waals surface area contributed by atoms with Crippen molar-refractivity contribution in [2.24, 2.45) is 7.05 Å². The zero-order valence-corrected chi connectivity index (χ0v) is 5.66. The summed E-state index contributed by atoms with van der Waals surface area (Å²) >= 11 is 6.48. The number of halogens is 1. The maximum Gasteiger partial charge on any atom is 0.358 e. The molecule has 5 heteroatoms. The van der Waals surface area contributed by atoms with Gasteiger partial charge in [0.15, 0.2) is 0 Å². The second-order valence-corrected chi connectivity index (χ2v) is 2.94. The number of rotatable bonds is 0.